The highest BCUT2D eigenvalue weighted by Gasteiger charge is 2.16. The zero-order chi connectivity index (χ0) is 13.7. The number of aryl methyl sites for hydroxylation is 2. The van der Waals surface area contributed by atoms with Gasteiger partial charge >= 0.3 is 0 Å². The number of hydrogen-bond donors (Lipinski definition) is 1. The highest BCUT2D eigenvalue weighted by atomic mass is 79.9. The van der Waals surface area contributed by atoms with E-state index in [1.165, 1.54) is 0 Å². The number of imidazole rings is 1. The van der Waals surface area contributed by atoms with Crippen LogP contribution >= 0.6 is 39.7 Å². The van der Waals surface area contributed by atoms with Crippen LogP contribution in [-0.2, 0) is 7.05 Å². The van der Waals surface area contributed by atoms with Gasteiger partial charge in [-0.3, -0.25) is 4.57 Å². The number of halogens is 2. The lowest BCUT2D eigenvalue weighted by molar-refractivity contribution is 0.759. The molecular weight excluding hydrogens is 348 g/mol. The maximum atomic E-state index is 6.15. The Balaban J connectivity index is 2.46. The first-order valence-electron chi connectivity index (χ1n) is 5.59. The van der Waals surface area contributed by atoms with Crippen molar-refractivity contribution in [2.24, 2.45) is 7.05 Å². The second-order valence-corrected chi connectivity index (χ2v) is 5.83. The molecule has 19 heavy (non-hydrogen) atoms. The second-order valence-electron chi connectivity index (χ2n) is 4.25. The lowest BCUT2D eigenvalue weighted by Gasteiger charge is -2.08. The van der Waals surface area contributed by atoms with Crippen LogP contribution in [0.4, 0.5) is 0 Å². The van der Waals surface area contributed by atoms with Crippen LogP contribution in [0.3, 0.4) is 0 Å². The first-order valence-corrected chi connectivity index (χ1v) is 7.17. The van der Waals surface area contributed by atoms with Crippen LogP contribution in [0.2, 0.25) is 5.02 Å². The van der Waals surface area contributed by atoms with Gasteiger partial charge in [0.25, 0.3) is 0 Å². The molecule has 3 aromatic rings. The van der Waals surface area contributed by atoms with E-state index in [-0.39, 0.29) is 0 Å². The molecular formula is C12H10BrClN4S. The van der Waals surface area contributed by atoms with E-state index < -0.39 is 0 Å². The van der Waals surface area contributed by atoms with E-state index in [1.807, 2.05) is 41.4 Å². The molecule has 1 aromatic carbocycles. The van der Waals surface area contributed by atoms with Crippen LogP contribution in [0, 0.1) is 11.7 Å². The maximum Gasteiger partial charge on any atom is 0.184 e. The second kappa shape index (κ2) is 4.47. The molecule has 0 aliphatic heterocycles. The maximum absolute atomic E-state index is 6.15. The summed E-state index contributed by atoms with van der Waals surface area (Å²) in [7, 11) is 1.90. The molecule has 4 nitrogen and oxygen atoms in total. The summed E-state index contributed by atoms with van der Waals surface area (Å²) in [6.45, 7) is 1.95. The fraction of sp³-hybridized carbons (Fsp3) is 0.167. The van der Waals surface area contributed by atoms with Crippen LogP contribution in [-0.4, -0.2) is 19.3 Å². The molecule has 0 aliphatic carbocycles. The van der Waals surface area contributed by atoms with Crippen LogP contribution in [0.5, 0.6) is 0 Å². The molecule has 0 spiro atoms. The molecule has 3 rings (SSSR count). The van der Waals surface area contributed by atoms with Crippen molar-refractivity contribution >= 4 is 50.9 Å². The van der Waals surface area contributed by atoms with E-state index in [4.69, 9.17) is 23.8 Å². The molecule has 98 valence electrons. The molecule has 1 N–H and O–H groups in total. The Kier molecular flexibility index (Phi) is 3.03. The van der Waals surface area contributed by atoms with Crippen molar-refractivity contribution in [2.75, 3.05) is 0 Å². The lowest BCUT2D eigenvalue weighted by Crippen LogP contribution is -2.01. The summed E-state index contributed by atoms with van der Waals surface area (Å²) in [5, 5.41) is 5.05. The third-order valence-corrected chi connectivity index (χ3v) is 4.67. The topological polar surface area (TPSA) is 38.5 Å². The average molecular weight is 358 g/mol. The van der Waals surface area contributed by atoms with Gasteiger partial charge in [-0.25, -0.2) is 4.68 Å². The predicted molar refractivity (Wildman–Crippen MR) is 82.7 cm³/mol. The van der Waals surface area contributed by atoms with Gasteiger partial charge in [-0.1, -0.05) is 17.7 Å². The number of rotatable bonds is 1. The number of benzene rings is 1. The fourth-order valence-corrected chi connectivity index (χ4v) is 3.09. The molecule has 0 radical (unpaired) electrons. The normalized spacial score (nSPS) is 11.4. The van der Waals surface area contributed by atoms with Crippen LogP contribution in [0.1, 0.15) is 5.69 Å². The number of nitrogens with one attached hydrogen (secondary N) is 1. The van der Waals surface area contributed by atoms with E-state index in [0.717, 1.165) is 27.0 Å². The van der Waals surface area contributed by atoms with Gasteiger partial charge in [0.05, 0.1) is 20.9 Å². The van der Waals surface area contributed by atoms with E-state index in [1.54, 1.807) is 0 Å². The van der Waals surface area contributed by atoms with Gasteiger partial charge in [-0.15, -0.1) is 0 Å². The van der Waals surface area contributed by atoms with Gasteiger partial charge in [0.1, 0.15) is 5.52 Å². The van der Waals surface area contributed by atoms with Crippen molar-refractivity contribution in [3.05, 3.63) is 38.2 Å². The summed E-state index contributed by atoms with van der Waals surface area (Å²) in [6, 6.07) is 5.69. The number of fused-ring (bicyclic) bond motifs is 1. The van der Waals surface area contributed by atoms with Crippen molar-refractivity contribution in [1.29, 1.82) is 0 Å². The zero-order valence-electron chi connectivity index (χ0n) is 10.2. The Morgan fingerprint density at radius 2 is 2.16 bits per heavy atom. The minimum absolute atomic E-state index is 0.620. The first kappa shape index (κ1) is 12.9. The van der Waals surface area contributed by atoms with Crippen molar-refractivity contribution in [3.63, 3.8) is 0 Å². The molecule has 0 saturated heterocycles. The monoisotopic (exact) mass is 356 g/mol. The quantitative estimate of drug-likeness (QED) is 0.665. The summed E-state index contributed by atoms with van der Waals surface area (Å²) in [5.41, 5.74) is 3.68. The zero-order valence-corrected chi connectivity index (χ0v) is 13.4. The standard InChI is InChI=1S/C12H10BrClN4S/c1-6-10-11(17(2)16-6)18(12(19)15-10)8-5-3-4-7(14)9(8)13/h3-5H,1-2H3,(H,15,19). The summed E-state index contributed by atoms with van der Waals surface area (Å²) >= 11 is 15.1. The molecule has 2 heterocycles. The number of hydrogen-bond acceptors (Lipinski definition) is 2. The summed E-state index contributed by atoms with van der Waals surface area (Å²) < 4.78 is 5.17. The molecule has 0 atom stereocenters. The smallest absolute Gasteiger partial charge is 0.184 e. The van der Waals surface area contributed by atoms with Gasteiger partial charge in [0.15, 0.2) is 10.4 Å². The summed E-state index contributed by atoms with van der Waals surface area (Å²) in [5.74, 6) is 0. The van der Waals surface area contributed by atoms with Gasteiger partial charge in [0.2, 0.25) is 0 Å². The number of aromatic nitrogens is 4. The average Bonchev–Trinajstić information content (AvgIpc) is 2.82. The van der Waals surface area contributed by atoms with Crippen LogP contribution in [0.15, 0.2) is 22.7 Å². The van der Waals surface area contributed by atoms with Crippen molar-refractivity contribution < 1.29 is 0 Å². The molecule has 0 aliphatic rings. The number of nitrogens with zero attached hydrogens (tertiary/aromatic N) is 3. The first-order chi connectivity index (χ1) is 9.00. The highest BCUT2D eigenvalue weighted by Crippen LogP contribution is 2.31. The Labute approximate surface area is 128 Å². The molecule has 0 amide bonds. The Morgan fingerprint density at radius 1 is 1.42 bits per heavy atom. The highest BCUT2D eigenvalue weighted by molar-refractivity contribution is 9.10. The minimum atomic E-state index is 0.620. The van der Waals surface area contributed by atoms with E-state index in [0.29, 0.717) is 9.79 Å². The van der Waals surface area contributed by atoms with Crippen LogP contribution in [0.25, 0.3) is 16.9 Å². The fourth-order valence-electron chi connectivity index (χ4n) is 2.20. The van der Waals surface area contributed by atoms with Crippen molar-refractivity contribution in [2.45, 2.75) is 6.92 Å². The Hall–Kier alpha value is -1.11. The largest absolute Gasteiger partial charge is 0.327 e. The molecule has 0 unspecified atom stereocenters. The van der Waals surface area contributed by atoms with Crippen LogP contribution < -0.4 is 0 Å². The van der Waals surface area contributed by atoms with Gasteiger partial charge in [-0.2, -0.15) is 5.10 Å². The predicted octanol–water partition coefficient (Wildman–Crippen LogP) is 4.15. The molecule has 2 aromatic heterocycles. The molecule has 0 saturated carbocycles. The molecule has 7 heteroatoms. The third-order valence-electron chi connectivity index (χ3n) is 3.01. The summed E-state index contributed by atoms with van der Waals surface area (Å²) in [4.78, 5) is 3.19. The third kappa shape index (κ3) is 1.86. The van der Waals surface area contributed by atoms with Gasteiger partial charge in [-0.05, 0) is 47.2 Å². The van der Waals surface area contributed by atoms with E-state index in [2.05, 4.69) is 26.0 Å². The number of aromatic amines is 1. The molecule has 0 bridgehead atoms. The van der Waals surface area contributed by atoms with Crippen molar-refractivity contribution in [3.8, 4) is 5.69 Å². The lowest BCUT2D eigenvalue weighted by atomic mass is 10.3. The van der Waals surface area contributed by atoms with E-state index in [9.17, 15) is 0 Å². The SMILES string of the molecule is Cc1nn(C)c2c1[nH]c(=S)n2-c1cccc(Cl)c1Br. The Bertz CT molecular complexity index is 845. The minimum Gasteiger partial charge on any atom is -0.327 e. The van der Waals surface area contributed by atoms with Gasteiger partial charge in [0, 0.05) is 7.05 Å². The van der Waals surface area contributed by atoms with Gasteiger partial charge < -0.3 is 4.98 Å². The Morgan fingerprint density at radius 3 is 2.89 bits per heavy atom. The van der Waals surface area contributed by atoms with E-state index >= 15 is 0 Å². The van der Waals surface area contributed by atoms with Crippen molar-refractivity contribution in [1.82, 2.24) is 19.3 Å². The summed E-state index contributed by atoms with van der Waals surface area (Å²) in [6.07, 6.45) is 0. The number of H-pyrrole nitrogens is 1. The molecule has 0 fully saturated rings.